The number of aliphatic hydroxyl groups is 1. The van der Waals surface area contributed by atoms with E-state index < -0.39 is 10.0 Å². The lowest BCUT2D eigenvalue weighted by atomic mass is 10.1. The van der Waals surface area contributed by atoms with Gasteiger partial charge in [-0.3, -0.25) is 0 Å². The Bertz CT molecular complexity index is 525. The van der Waals surface area contributed by atoms with Crippen LogP contribution in [0.25, 0.3) is 0 Å². The summed E-state index contributed by atoms with van der Waals surface area (Å²) in [6.07, 6.45) is 4.11. The van der Waals surface area contributed by atoms with Crippen molar-refractivity contribution in [1.82, 2.24) is 4.72 Å². The number of aliphatic hydroxyl groups excluding tert-OH is 1. The van der Waals surface area contributed by atoms with E-state index in [-0.39, 0.29) is 12.0 Å². The van der Waals surface area contributed by atoms with Gasteiger partial charge in [-0.2, -0.15) is 0 Å². The molecule has 2 rings (SSSR count). The Labute approximate surface area is 121 Å². The molecular formula is C15H23NO3S. The van der Waals surface area contributed by atoms with E-state index in [0.29, 0.717) is 17.9 Å². The summed E-state index contributed by atoms with van der Waals surface area (Å²) in [4.78, 5) is 0.316. The van der Waals surface area contributed by atoms with E-state index in [1.165, 1.54) is 0 Å². The van der Waals surface area contributed by atoms with Crippen LogP contribution in [0.15, 0.2) is 29.2 Å². The van der Waals surface area contributed by atoms with Gasteiger partial charge in [0.1, 0.15) is 0 Å². The van der Waals surface area contributed by atoms with Crippen LogP contribution < -0.4 is 4.72 Å². The molecular weight excluding hydrogens is 274 g/mol. The van der Waals surface area contributed by atoms with Crippen molar-refractivity contribution in [1.29, 1.82) is 0 Å². The molecule has 0 saturated heterocycles. The Hall–Kier alpha value is -0.910. The molecule has 2 atom stereocenters. The normalized spacial score (nSPS) is 23.1. The molecule has 20 heavy (non-hydrogen) atoms. The van der Waals surface area contributed by atoms with Gasteiger partial charge in [-0.25, -0.2) is 13.1 Å². The molecule has 0 amide bonds. The van der Waals surface area contributed by atoms with E-state index in [2.05, 4.69) is 11.6 Å². The van der Waals surface area contributed by atoms with Crippen LogP contribution in [0.5, 0.6) is 0 Å². The van der Waals surface area contributed by atoms with Crippen molar-refractivity contribution in [3.8, 4) is 0 Å². The van der Waals surface area contributed by atoms with Crippen molar-refractivity contribution in [2.45, 2.75) is 50.0 Å². The van der Waals surface area contributed by atoms with Gasteiger partial charge in [0.15, 0.2) is 0 Å². The summed E-state index contributed by atoms with van der Waals surface area (Å²) in [5.41, 5.74) is 1.16. The van der Waals surface area contributed by atoms with Crippen LogP contribution in [0.1, 0.15) is 38.2 Å². The third kappa shape index (κ3) is 4.04. The first-order valence-corrected chi connectivity index (χ1v) is 8.76. The van der Waals surface area contributed by atoms with Gasteiger partial charge in [-0.15, -0.1) is 0 Å². The number of sulfonamides is 1. The molecule has 0 bridgehead atoms. The van der Waals surface area contributed by atoms with Crippen molar-refractivity contribution in [2.24, 2.45) is 5.92 Å². The van der Waals surface area contributed by atoms with Gasteiger partial charge in [0.05, 0.1) is 11.0 Å². The lowest BCUT2D eigenvalue weighted by Crippen LogP contribution is -2.28. The van der Waals surface area contributed by atoms with E-state index in [1.807, 2.05) is 12.1 Å². The molecule has 1 aromatic carbocycles. The van der Waals surface area contributed by atoms with Crippen LogP contribution in [-0.4, -0.2) is 26.2 Å². The van der Waals surface area contributed by atoms with Crippen molar-refractivity contribution < 1.29 is 13.5 Å². The quantitative estimate of drug-likeness (QED) is 0.845. The summed E-state index contributed by atoms with van der Waals surface area (Å²) in [5.74, 6) is 0.249. The van der Waals surface area contributed by atoms with Gasteiger partial charge in [0, 0.05) is 6.54 Å². The highest BCUT2D eigenvalue weighted by atomic mass is 32.2. The zero-order chi connectivity index (χ0) is 14.6. The maximum atomic E-state index is 12.2. The maximum absolute atomic E-state index is 12.2. The fourth-order valence-corrected chi connectivity index (χ4v) is 3.78. The molecule has 1 aliphatic carbocycles. The Morgan fingerprint density at radius 2 is 1.95 bits per heavy atom. The summed E-state index contributed by atoms with van der Waals surface area (Å²) < 4.78 is 27.0. The summed E-state index contributed by atoms with van der Waals surface area (Å²) in [6, 6.07) is 7.07. The molecule has 0 aliphatic heterocycles. The molecule has 1 saturated carbocycles. The van der Waals surface area contributed by atoms with Crippen LogP contribution in [0.2, 0.25) is 0 Å². The number of hydrogen-bond acceptors (Lipinski definition) is 3. The summed E-state index contributed by atoms with van der Waals surface area (Å²) >= 11 is 0. The molecule has 0 spiro atoms. The second kappa shape index (κ2) is 6.70. The summed E-state index contributed by atoms with van der Waals surface area (Å²) in [7, 11) is -3.43. The Morgan fingerprint density at radius 1 is 1.25 bits per heavy atom. The molecule has 2 unspecified atom stereocenters. The average Bonchev–Trinajstić information content (AvgIpc) is 2.84. The number of hydrogen-bond donors (Lipinski definition) is 2. The Morgan fingerprint density at radius 3 is 2.50 bits per heavy atom. The number of aryl methyl sites for hydroxylation is 1. The van der Waals surface area contributed by atoms with Crippen LogP contribution in [-0.2, 0) is 16.4 Å². The first kappa shape index (κ1) is 15.5. The second-order valence-electron chi connectivity index (χ2n) is 5.58. The van der Waals surface area contributed by atoms with Gasteiger partial charge >= 0.3 is 0 Å². The SMILES string of the molecule is CCCc1ccc(S(=O)(=O)NCC2CCC(O)C2)cc1. The monoisotopic (exact) mass is 297 g/mol. The highest BCUT2D eigenvalue weighted by Gasteiger charge is 2.24. The summed E-state index contributed by atoms with van der Waals surface area (Å²) in [6.45, 7) is 2.51. The van der Waals surface area contributed by atoms with Crippen molar-refractivity contribution in [3.05, 3.63) is 29.8 Å². The van der Waals surface area contributed by atoms with Gasteiger partial charge in [0.25, 0.3) is 0 Å². The Balaban J connectivity index is 1.95. The van der Waals surface area contributed by atoms with Crippen LogP contribution in [0.4, 0.5) is 0 Å². The summed E-state index contributed by atoms with van der Waals surface area (Å²) in [5, 5.41) is 9.45. The zero-order valence-corrected chi connectivity index (χ0v) is 12.7. The van der Waals surface area contributed by atoms with E-state index in [4.69, 9.17) is 0 Å². The topological polar surface area (TPSA) is 66.4 Å². The molecule has 112 valence electrons. The molecule has 0 radical (unpaired) electrons. The average molecular weight is 297 g/mol. The van der Waals surface area contributed by atoms with E-state index in [0.717, 1.165) is 31.2 Å². The highest BCUT2D eigenvalue weighted by Crippen LogP contribution is 2.25. The maximum Gasteiger partial charge on any atom is 0.240 e. The predicted molar refractivity (Wildman–Crippen MR) is 79.0 cm³/mol. The lowest BCUT2D eigenvalue weighted by Gasteiger charge is -2.11. The molecule has 0 aromatic heterocycles. The van der Waals surface area contributed by atoms with Crippen molar-refractivity contribution in [2.75, 3.05) is 6.54 Å². The third-order valence-corrected chi connectivity index (χ3v) is 5.29. The van der Waals surface area contributed by atoms with E-state index in [9.17, 15) is 13.5 Å². The van der Waals surface area contributed by atoms with E-state index in [1.54, 1.807) is 12.1 Å². The van der Waals surface area contributed by atoms with Crippen molar-refractivity contribution >= 4 is 10.0 Å². The molecule has 0 heterocycles. The highest BCUT2D eigenvalue weighted by molar-refractivity contribution is 7.89. The first-order valence-electron chi connectivity index (χ1n) is 7.28. The minimum Gasteiger partial charge on any atom is -0.393 e. The fraction of sp³-hybridized carbons (Fsp3) is 0.600. The molecule has 1 aliphatic rings. The van der Waals surface area contributed by atoms with Gasteiger partial charge in [-0.05, 0) is 49.3 Å². The largest absolute Gasteiger partial charge is 0.393 e. The smallest absolute Gasteiger partial charge is 0.240 e. The molecule has 5 heteroatoms. The van der Waals surface area contributed by atoms with E-state index >= 15 is 0 Å². The zero-order valence-electron chi connectivity index (χ0n) is 11.9. The first-order chi connectivity index (χ1) is 9.51. The van der Waals surface area contributed by atoms with Gasteiger partial charge in [0.2, 0.25) is 10.0 Å². The van der Waals surface area contributed by atoms with Crippen molar-refractivity contribution in [3.63, 3.8) is 0 Å². The minimum absolute atomic E-state index is 0.249. The third-order valence-electron chi connectivity index (χ3n) is 3.85. The molecule has 4 nitrogen and oxygen atoms in total. The number of rotatable bonds is 6. The lowest BCUT2D eigenvalue weighted by molar-refractivity contribution is 0.178. The predicted octanol–water partition coefficient (Wildman–Crippen LogP) is 2.08. The van der Waals surface area contributed by atoms with Gasteiger partial charge < -0.3 is 5.11 Å². The van der Waals surface area contributed by atoms with Gasteiger partial charge in [-0.1, -0.05) is 25.5 Å². The molecule has 1 aromatic rings. The van der Waals surface area contributed by atoms with Crippen LogP contribution in [0, 0.1) is 5.92 Å². The minimum atomic E-state index is -3.43. The number of benzene rings is 1. The molecule has 1 fully saturated rings. The van der Waals surface area contributed by atoms with Crippen LogP contribution in [0.3, 0.4) is 0 Å². The van der Waals surface area contributed by atoms with Crippen LogP contribution >= 0.6 is 0 Å². The Kier molecular flexibility index (Phi) is 5.18. The fourth-order valence-electron chi connectivity index (χ4n) is 2.67. The molecule has 2 N–H and O–H groups in total. The second-order valence-corrected chi connectivity index (χ2v) is 7.35. The number of nitrogens with one attached hydrogen (secondary N) is 1. The standard InChI is InChI=1S/C15H23NO3S/c1-2-3-12-5-8-15(9-6-12)20(18,19)16-11-13-4-7-14(17)10-13/h5-6,8-9,13-14,16-17H,2-4,7,10-11H2,1H3.